The van der Waals surface area contributed by atoms with E-state index in [1.54, 1.807) is 4.90 Å². The Hall–Kier alpha value is -1.74. The first kappa shape index (κ1) is 16.1. The molecule has 3 rings (SSSR count). The van der Waals surface area contributed by atoms with E-state index in [-0.39, 0.29) is 22.9 Å². The van der Waals surface area contributed by atoms with Crippen molar-refractivity contribution in [3.63, 3.8) is 0 Å². The summed E-state index contributed by atoms with van der Waals surface area (Å²) in [7, 11) is -2.21. The van der Waals surface area contributed by atoms with E-state index in [4.69, 9.17) is 4.18 Å². The number of esters is 1. The van der Waals surface area contributed by atoms with E-state index < -0.39 is 21.9 Å². The maximum Gasteiger partial charge on any atom is 0.339 e. The molecule has 0 atom stereocenters. The number of hydrogen-bond acceptors (Lipinski definition) is 7. The number of hydrogen-bond donors (Lipinski definition) is 0. The van der Waals surface area contributed by atoms with Gasteiger partial charge >= 0.3 is 5.97 Å². The lowest BCUT2D eigenvalue weighted by Crippen LogP contribution is -2.64. The number of aromatic nitrogens is 1. The van der Waals surface area contributed by atoms with Crippen molar-refractivity contribution < 1.29 is 26.5 Å². The lowest BCUT2D eigenvalue weighted by Gasteiger charge is -2.58. The normalized spacial score (nSPS) is 20.0. The van der Waals surface area contributed by atoms with Crippen LogP contribution in [0.1, 0.15) is 23.2 Å². The van der Waals surface area contributed by atoms with Crippen molar-refractivity contribution in [3.05, 3.63) is 23.6 Å². The Balaban J connectivity index is 1.59. The van der Waals surface area contributed by atoms with Gasteiger partial charge in [0.05, 0.1) is 25.0 Å². The Kier molecular flexibility index (Phi) is 3.80. The van der Waals surface area contributed by atoms with Crippen LogP contribution in [0.3, 0.4) is 0 Å². The van der Waals surface area contributed by atoms with Crippen molar-refractivity contribution in [3.8, 4) is 0 Å². The number of methoxy groups -OCH3 is 1. The largest absolute Gasteiger partial charge is 0.465 e. The highest BCUT2D eigenvalue weighted by atomic mass is 32.2. The summed E-state index contributed by atoms with van der Waals surface area (Å²) in [6.45, 7) is 1.19. The van der Waals surface area contributed by atoms with Crippen LogP contribution in [0.2, 0.25) is 0 Å². The molecule has 9 heteroatoms. The molecule has 0 bridgehead atoms. The number of ether oxygens (including phenoxy) is 1. The number of pyridine rings is 1. The molecule has 1 aliphatic carbocycles. The third-order valence-electron chi connectivity index (χ3n) is 4.23. The quantitative estimate of drug-likeness (QED) is 0.594. The fourth-order valence-electron chi connectivity index (χ4n) is 3.29. The third-order valence-corrected chi connectivity index (χ3v) is 4.85. The molecule has 1 saturated heterocycles. The number of rotatable bonds is 4. The average Bonchev–Trinajstić information content (AvgIpc) is 2.38. The molecule has 2 fully saturated rings. The zero-order valence-electron chi connectivity index (χ0n) is 12.8. The summed E-state index contributed by atoms with van der Waals surface area (Å²) in [4.78, 5) is 17.1. The van der Waals surface area contributed by atoms with E-state index in [0.29, 0.717) is 25.9 Å². The second-order valence-corrected chi connectivity index (χ2v) is 7.81. The van der Waals surface area contributed by atoms with Crippen molar-refractivity contribution in [1.82, 2.24) is 4.98 Å². The van der Waals surface area contributed by atoms with Crippen LogP contribution in [0.25, 0.3) is 0 Å². The molecule has 2 aliphatic rings. The van der Waals surface area contributed by atoms with E-state index in [1.165, 1.54) is 13.3 Å². The van der Waals surface area contributed by atoms with Crippen molar-refractivity contribution in [1.29, 1.82) is 0 Å². The van der Waals surface area contributed by atoms with E-state index in [0.717, 1.165) is 12.3 Å². The van der Waals surface area contributed by atoms with Crippen molar-refractivity contribution >= 4 is 21.9 Å². The fourth-order valence-corrected chi connectivity index (χ4v) is 3.92. The van der Waals surface area contributed by atoms with Crippen molar-refractivity contribution in [2.24, 2.45) is 5.41 Å². The zero-order valence-corrected chi connectivity index (χ0v) is 13.6. The van der Waals surface area contributed by atoms with Gasteiger partial charge in [0.2, 0.25) is 0 Å². The van der Waals surface area contributed by atoms with Gasteiger partial charge in [-0.3, -0.25) is 4.18 Å². The topological polar surface area (TPSA) is 85.8 Å². The minimum Gasteiger partial charge on any atom is -0.465 e. The van der Waals surface area contributed by atoms with Gasteiger partial charge in [0.1, 0.15) is 0 Å². The van der Waals surface area contributed by atoms with Crippen LogP contribution in [0.5, 0.6) is 0 Å². The van der Waals surface area contributed by atoms with Gasteiger partial charge in [-0.25, -0.2) is 14.2 Å². The van der Waals surface area contributed by atoms with Gasteiger partial charge in [-0.1, -0.05) is 0 Å². The molecular formula is C14H17FN2O5S. The lowest BCUT2D eigenvalue weighted by atomic mass is 9.62. The van der Waals surface area contributed by atoms with Crippen molar-refractivity contribution in [2.45, 2.75) is 18.9 Å². The maximum atomic E-state index is 14.1. The van der Waals surface area contributed by atoms with Crippen LogP contribution >= 0.6 is 0 Å². The Labute approximate surface area is 133 Å². The van der Waals surface area contributed by atoms with Gasteiger partial charge in [-0.15, -0.1) is 0 Å². The number of carbonyl (C=O) groups excluding carboxylic acids is 1. The zero-order chi connectivity index (χ0) is 16.8. The van der Waals surface area contributed by atoms with Gasteiger partial charge in [0.15, 0.2) is 11.6 Å². The van der Waals surface area contributed by atoms with E-state index in [9.17, 15) is 17.6 Å². The molecule has 1 aliphatic heterocycles. The average molecular weight is 344 g/mol. The highest BCUT2D eigenvalue weighted by Gasteiger charge is 2.54. The minimum absolute atomic E-state index is 0.0233. The number of anilines is 1. The summed E-state index contributed by atoms with van der Waals surface area (Å²) >= 11 is 0. The smallest absolute Gasteiger partial charge is 0.339 e. The highest BCUT2D eigenvalue weighted by molar-refractivity contribution is 7.86. The van der Waals surface area contributed by atoms with E-state index >= 15 is 0 Å². The standard InChI is InChI=1S/C14H17FN2O5S/c1-21-13(18)9-3-11(15)12(16-6-9)17-7-14(8-17)4-10(5-14)22-23(2,19)20/h3,6,10H,4-5,7-8H2,1-2H3. The van der Waals surface area contributed by atoms with Gasteiger partial charge in [-0.05, 0) is 18.9 Å². The van der Waals surface area contributed by atoms with Crippen molar-refractivity contribution in [2.75, 3.05) is 31.4 Å². The molecule has 0 N–H and O–H groups in total. The first-order valence-electron chi connectivity index (χ1n) is 7.08. The van der Waals surface area contributed by atoms with Crippen LogP contribution < -0.4 is 4.90 Å². The summed E-state index contributed by atoms with van der Waals surface area (Å²) in [5.74, 6) is -1.02. The summed E-state index contributed by atoms with van der Waals surface area (Å²) in [5.41, 5.74) is 0.0408. The molecule has 1 saturated carbocycles. The van der Waals surface area contributed by atoms with Gasteiger partial charge < -0.3 is 9.64 Å². The molecule has 126 valence electrons. The Bertz CT molecular complexity index is 738. The molecule has 1 aromatic rings. The summed E-state index contributed by atoms with van der Waals surface area (Å²) in [6.07, 6.45) is 3.31. The molecule has 0 unspecified atom stereocenters. The lowest BCUT2D eigenvalue weighted by molar-refractivity contribution is -0.0306. The van der Waals surface area contributed by atoms with Gasteiger partial charge in [0, 0.05) is 24.7 Å². The van der Waals surface area contributed by atoms with Crippen LogP contribution in [-0.2, 0) is 19.0 Å². The molecule has 7 nitrogen and oxygen atoms in total. The summed E-state index contributed by atoms with van der Waals surface area (Å²) in [5, 5.41) is 0. The molecule has 1 aromatic heterocycles. The number of nitrogens with zero attached hydrogens (tertiary/aromatic N) is 2. The monoisotopic (exact) mass is 344 g/mol. The molecule has 0 aromatic carbocycles. The van der Waals surface area contributed by atoms with Crippen LogP contribution in [0.4, 0.5) is 10.2 Å². The second-order valence-electron chi connectivity index (χ2n) is 6.21. The Morgan fingerprint density at radius 1 is 1.43 bits per heavy atom. The maximum absolute atomic E-state index is 14.1. The molecule has 0 radical (unpaired) electrons. The predicted molar refractivity (Wildman–Crippen MR) is 79.1 cm³/mol. The predicted octanol–water partition coefficient (Wildman–Crippen LogP) is 0.952. The Morgan fingerprint density at radius 2 is 2.09 bits per heavy atom. The van der Waals surface area contributed by atoms with Crippen LogP contribution in [0.15, 0.2) is 12.3 Å². The second kappa shape index (κ2) is 5.41. The van der Waals surface area contributed by atoms with Crippen LogP contribution in [-0.4, -0.2) is 51.9 Å². The number of halogens is 1. The summed E-state index contributed by atoms with van der Waals surface area (Å²) in [6, 6.07) is 1.11. The van der Waals surface area contributed by atoms with E-state index in [2.05, 4.69) is 9.72 Å². The molecule has 23 heavy (non-hydrogen) atoms. The first-order chi connectivity index (χ1) is 10.7. The molecule has 0 amide bonds. The fraction of sp³-hybridized carbons (Fsp3) is 0.571. The minimum atomic E-state index is -3.44. The molecular weight excluding hydrogens is 327 g/mol. The highest BCUT2D eigenvalue weighted by Crippen LogP contribution is 2.51. The third kappa shape index (κ3) is 3.16. The Morgan fingerprint density at radius 3 is 2.61 bits per heavy atom. The SMILES string of the molecule is COC(=O)c1cnc(N2CC3(CC(OS(C)(=O)=O)C3)C2)c(F)c1. The molecule has 1 spiro atoms. The first-order valence-corrected chi connectivity index (χ1v) is 8.90. The van der Waals surface area contributed by atoms with Gasteiger partial charge in [0.25, 0.3) is 10.1 Å². The number of carbonyl (C=O) groups is 1. The van der Waals surface area contributed by atoms with E-state index in [1.807, 2.05) is 0 Å². The summed E-state index contributed by atoms with van der Waals surface area (Å²) < 4.78 is 45.7. The van der Waals surface area contributed by atoms with Gasteiger partial charge in [-0.2, -0.15) is 8.42 Å². The molecule has 2 heterocycles. The van der Waals surface area contributed by atoms with Crippen LogP contribution in [0, 0.1) is 11.2 Å².